The van der Waals surface area contributed by atoms with Gasteiger partial charge >= 0.3 is 0 Å². The van der Waals surface area contributed by atoms with Crippen LogP contribution in [0.25, 0.3) is 0 Å². The number of nitrogens with one attached hydrogen (secondary N) is 1. The molecule has 0 aliphatic carbocycles. The van der Waals surface area contributed by atoms with Crippen molar-refractivity contribution < 1.29 is 13.9 Å². The molecule has 1 amide bonds. The minimum atomic E-state index is -0.339. The van der Waals surface area contributed by atoms with Crippen molar-refractivity contribution in [3.8, 4) is 5.75 Å². The molecule has 0 saturated carbocycles. The summed E-state index contributed by atoms with van der Waals surface area (Å²) < 4.78 is 11.9. The van der Waals surface area contributed by atoms with Gasteiger partial charge in [-0.15, -0.1) is 0 Å². The first-order chi connectivity index (χ1) is 11.9. The van der Waals surface area contributed by atoms with Crippen LogP contribution in [0, 0.1) is 6.92 Å². The number of carbonyl (C=O) groups is 1. The fraction of sp³-hybridized carbons (Fsp3) is 0.333. The molecule has 2 rings (SSSR count). The molecule has 6 nitrogen and oxygen atoms in total. The zero-order chi connectivity index (χ0) is 18.4. The third kappa shape index (κ3) is 5.63. The summed E-state index contributed by atoms with van der Waals surface area (Å²) in [7, 11) is 3.75. The van der Waals surface area contributed by atoms with Crippen LogP contribution in [0.15, 0.2) is 38.3 Å². The SMILES string of the molecule is CCc1cc(C)cc(OCC(=O)N/N=C/c2cc(Br)c(N(C)C)o2)c1. The molecule has 0 spiro atoms. The summed E-state index contributed by atoms with van der Waals surface area (Å²) in [4.78, 5) is 13.7. The van der Waals surface area contributed by atoms with Crippen molar-refractivity contribution in [2.75, 3.05) is 25.6 Å². The highest BCUT2D eigenvalue weighted by molar-refractivity contribution is 9.10. The highest BCUT2D eigenvalue weighted by atomic mass is 79.9. The van der Waals surface area contributed by atoms with E-state index in [4.69, 9.17) is 9.15 Å². The van der Waals surface area contributed by atoms with Gasteiger partial charge in [0.15, 0.2) is 12.4 Å². The van der Waals surface area contributed by atoms with E-state index in [0.717, 1.165) is 16.5 Å². The van der Waals surface area contributed by atoms with E-state index in [1.165, 1.54) is 11.8 Å². The minimum Gasteiger partial charge on any atom is -0.484 e. The van der Waals surface area contributed by atoms with Crippen LogP contribution in [0.4, 0.5) is 5.88 Å². The zero-order valence-corrected chi connectivity index (χ0v) is 16.4. The van der Waals surface area contributed by atoms with E-state index in [2.05, 4.69) is 39.4 Å². The first kappa shape index (κ1) is 19.1. The predicted octanol–water partition coefficient (Wildman–Crippen LogP) is 3.51. The number of amides is 1. The molecule has 0 bridgehead atoms. The Morgan fingerprint density at radius 3 is 2.76 bits per heavy atom. The molecule has 0 aliphatic rings. The van der Waals surface area contributed by atoms with Gasteiger partial charge < -0.3 is 14.1 Å². The summed E-state index contributed by atoms with van der Waals surface area (Å²) in [6.45, 7) is 3.98. The van der Waals surface area contributed by atoms with Crippen molar-refractivity contribution >= 4 is 33.9 Å². The van der Waals surface area contributed by atoms with Crippen molar-refractivity contribution in [1.82, 2.24) is 5.43 Å². The minimum absolute atomic E-state index is 0.102. The van der Waals surface area contributed by atoms with Gasteiger partial charge in [-0.1, -0.05) is 13.0 Å². The summed E-state index contributed by atoms with van der Waals surface area (Å²) in [6.07, 6.45) is 2.36. The van der Waals surface area contributed by atoms with E-state index in [1.807, 2.05) is 38.1 Å². The second kappa shape index (κ2) is 8.71. The number of carbonyl (C=O) groups excluding carboxylic acids is 1. The topological polar surface area (TPSA) is 67.1 Å². The molecule has 25 heavy (non-hydrogen) atoms. The Kier molecular flexibility index (Phi) is 6.64. The van der Waals surface area contributed by atoms with Gasteiger partial charge in [-0.25, -0.2) is 5.43 Å². The first-order valence-corrected chi connectivity index (χ1v) is 8.70. The Labute approximate surface area is 156 Å². The Balaban J connectivity index is 1.86. The number of nitrogens with zero attached hydrogens (tertiary/aromatic N) is 2. The summed E-state index contributed by atoms with van der Waals surface area (Å²) in [6, 6.07) is 7.72. The summed E-state index contributed by atoms with van der Waals surface area (Å²) in [5.74, 6) is 1.56. The van der Waals surface area contributed by atoms with Crippen molar-refractivity contribution in [3.05, 3.63) is 45.6 Å². The first-order valence-electron chi connectivity index (χ1n) is 7.91. The maximum absolute atomic E-state index is 11.8. The Hall–Kier alpha value is -2.28. The molecule has 1 aromatic heterocycles. The maximum atomic E-state index is 11.8. The van der Waals surface area contributed by atoms with E-state index < -0.39 is 0 Å². The highest BCUT2D eigenvalue weighted by Crippen LogP contribution is 2.27. The molecule has 0 radical (unpaired) electrons. The average molecular weight is 408 g/mol. The summed E-state index contributed by atoms with van der Waals surface area (Å²) in [5.41, 5.74) is 4.70. The number of ether oxygens (including phenoxy) is 1. The lowest BCUT2D eigenvalue weighted by atomic mass is 10.1. The molecule has 1 aromatic carbocycles. The van der Waals surface area contributed by atoms with Crippen LogP contribution in [-0.2, 0) is 11.2 Å². The van der Waals surface area contributed by atoms with Crippen LogP contribution in [0.1, 0.15) is 23.8 Å². The predicted molar refractivity (Wildman–Crippen MR) is 103 cm³/mol. The number of rotatable bonds is 7. The van der Waals surface area contributed by atoms with E-state index in [1.54, 1.807) is 6.07 Å². The molecular formula is C18H22BrN3O3. The molecule has 1 N–H and O–H groups in total. The number of furan rings is 1. The lowest BCUT2D eigenvalue weighted by Gasteiger charge is -2.08. The Bertz CT molecular complexity index is 769. The van der Waals surface area contributed by atoms with E-state index in [-0.39, 0.29) is 12.5 Å². The van der Waals surface area contributed by atoms with Crippen LogP contribution in [0.3, 0.4) is 0 Å². The van der Waals surface area contributed by atoms with Gasteiger partial charge in [0.25, 0.3) is 5.91 Å². The van der Waals surface area contributed by atoms with E-state index in [9.17, 15) is 4.79 Å². The monoisotopic (exact) mass is 407 g/mol. The maximum Gasteiger partial charge on any atom is 0.277 e. The molecule has 0 aliphatic heterocycles. The smallest absolute Gasteiger partial charge is 0.277 e. The molecule has 7 heteroatoms. The fourth-order valence-corrected chi connectivity index (χ4v) is 2.87. The van der Waals surface area contributed by atoms with Gasteiger partial charge in [0.1, 0.15) is 5.75 Å². The Morgan fingerprint density at radius 2 is 2.12 bits per heavy atom. The number of halogens is 1. The van der Waals surface area contributed by atoms with Crippen LogP contribution in [-0.4, -0.2) is 32.8 Å². The number of benzene rings is 1. The zero-order valence-electron chi connectivity index (χ0n) is 14.8. The fourth-order valence-electron chi connectivity index (χ4n) is 2.21. The molecule has 1 heterocycles. The second-order valence-corrected chi connectivity index (χ2v) is 6.64. The lowest BCUT2D eigenvalue weighted by Crippen LogP contribution is -2.24. The number of hydrogen-bond acceptors (Lipinski definition) is 5. The molecule has 0 atom stereocenters. The summed E-state index contributed by atoms with van der Waals surface area (Å²) in [5, 5.41) is 3.88. The van der Waals surface area contributed by atoms with Crippen molar-refractivity contribution in [3.63, 3.8) is 0 Å². The molecule has 0 fully saturated rings. The quantitative estimate of drug-likeness (QED) is 0.563. The third-order valence-electron chi connectivity index (χ3n) is 3.36. The normalized spacial score (nSPS) is 10.9. The van der Waals surface area contributed by atoms with Gasteiger partial charge in [-0.3, -0.25) is 4.79 Å². The van der Waals surface area contributed by atoms with Crippen molar-refractivity contribution in [1.29, 1.82) is 0 Å². The van der Waals surface area contributed by atoms with E-state index in [0.29, 0.717) is 17.4 Å². The van der Waals surface area contributed by atoms with Crippen molar-refractivity contribution in [2.45, 2.75) is 20.3 Å². The standard InChI is InChI=1S/C18H22BrN3O3/c1-5-13-6-12(2)7-14(8-13)24-11-17(23)21-20-10-15-9-16(19)18(25-15)22(3)4/h6-10H,5,11H2,1-4H3,(H,21,23)/b20-10+. The molecular weight excluding hydrogens is 386 g/mol. The number of hydrazone groups is 1. The third-order valence-corrected chi connectivity index (χ3v) is 3.93. The molecule has 2 aromatic rings. The Morgan fingerprint density at radius 1 is 1.36 bits per heavy atom. The van der Waals surface area contributed by atoms with Gasteiger partial charge in [0.2, 0.25) is 5.88 Å². The largest absolute Gasteiger partial charge is 0.484 e. The average Bonchev–Trinajstić information content (AvgIpc) is 2.93. The van der Waals surface area contributed by atoms with Gasteiger partial charge in [-0.2, -0.15) is 5.10 Å². The summed E-state index contributed by atoms with van der Waals surface area (Å²) >= 11 is 3.40. The molecule has 0 unspecified atom stereocenters. The van der Waals surface area contributed by atoms with Crippen LogP contribution < -0.4 is 15.1 Å². The van der Waals surface area contributed by atoms with Crippen LogP contribution in [0.5, 0.6) is 5.75 Å². The second-order valence-electron chi connectivity index (χ2n) is 5.79. The van der Waals surface area contributed by atoms with Gasteiger partial charge in [-0.05, 0) is 52.5 Å². The molecule has 0 saturated heterocycles. The number of hydrogen-bond donors (Lipinski definition) is 1. The van der Waals surface area contributed by atoms with Crippen LogP contribution in [0.2, 0.25) is 0 Å². The number of anilines is 1. The highest BCUT2D eigenvalue weighted by Gasteiger charge is 2.09. The van der Waals surface area contributed by atoms with Crippen molar-refractivity contribution in [2.24, 2.45) is 5.10 Å². The van der Waals surface area contributed by atoms with E-state index >= 15 is 0 Å². The van der Waals surface area contributed by atoms with Gasteiger partial charge in [0, 0.05) is 20.2 Å². The lowest BCUT2D eigenvalue weighted by molar-refractivity contribution is -0.123. The van der Waals surface area contributed by atoms with Crippen LogP contribution >= 0.6 is 15.9 Å². The molecule has 134 valence electrons. The number of aryl methyl sites for hydroxylation is 2. The van der Waals surface area contributed by atoms with Gasteiger partial charge in [0.05, 0.1) is 10.7 Å².